The van der Waals surface area contributed by atoms with Crippen LogP contribution in [0.2, 0.25) is 0 Å². The molecule has 4 rings (SSSR count). The maximum atomic E-state index is 13.5. The molecule has 1 aromatic carbocycles. The number of ether oxygens (including phenoxy) is 1. The Balaban J connectivity index is 1.46. The minimum absolute atomic E-state index is 0.00971. The van der Waals surface area contributed by atoms with Crippen molar-refractivity contribution in [3.05, 3.63) is 53.1 Å². The summed E-state index contributed by atoms with van der Waals surface area (Å²) in [6, 6.07) is 7.94. The summed E-state index contributed by atoms with van der Waals surface area (Å²) >= 11 is 1.23. The second-order valence-corrected chi connectivity index (χ2v) is 8.04. The van der Waals surface area contributed by atoms with Crippen LogP contribution in [-0.2, 0) is 11.3 Å². The Bertz CT molecular complexity index is 1030. The average molecular weight is 415 g/mol. The number of thioether (sulfide) groups is 1. The monoisotopic (exact) mass is 415 g/mol. The van der Waals surface area contributed by atoms with Crippen LogP contribution >= 0.6 is 11.8 Å². The number of hydrogen-bond donors (Lipinski definition) is 0. The average Bonchev–Trinajstić information content (AvgIpc) is 3.44. The number of carbonyl (C=O) groups excluding carboxylic acids is 1. The summed E-state index contributed by atoms with van der Waals surface area (Å²) in [4.78, 5) is 12.9. The lowest BCUT2D eigenvalue weighted by molar-refractivity contribution is 0.0957. The van der Waals surface area contributed by atoms with Gasteiger partial charge in [-0.1, -0.05) is 17.8 Å². The molecule has 0 aliphatic carbocycles. The Hall–Kier alpha value is -2.52. The largest absolute Gasteiger partial charge is 0.376 e. The first-order chi connectivity index (χ1) is 14.0. The first-order valence-corrected chi connectivity index (χ1v) is 10.5. The number of nitrogens with zero attached hydrogens (tertiary/aromatic N) is 5. The van der Waals surface area contributed by atoms with E-state index in [9.17, 15) is 9.18 Å². The first kappa shape index (κ1) is 19.8. The molecule has 1 saturated heterocycles. The lowest BCUT2D eigenvalue weighted by Crippen LogP contribution is -2.17. The van der Waals surface area contributed by atoms with Crippen molar-refractivity contribution >= 4 is 17.5 Å². The SMILES string of the molecule is Cc1cc(C(=O)CSc2nnnn2-c2cccc(F)c2)c(C)n1CC1CCCO1. The molecule has 1 fully saturated rings. The van der Waals surface area contributed by atoms with Gasteiger partial charge in [0.15, 0.2) is 5.78 Å². The van der Waals surface area contributed by atoms with Crippen molar-refractivity contribution < 1.29 is 13.9 Å². The molecule has 152 valence electrons. The maximum Gasteiger partial charge on any atom is 0.214 e. The van der Waals surface area contributed by atoms with Crippen LogP contribution < -0.4 is 0 Å². The number of aromatic nitrogens is 5. The molecule has 0 amide bonds. The summed E-state index contributed by atoms with van der Waals surface area (Å²) in [5.74, 6) is -0.168. The number of aryl methyl sites for hydroxylation is 1. The lowest BCUT2D eigenvalue weighted by Gasteiger charge is -2.14. The number of hydrogen-bond acceptors (Lipinski definition) is 6. The van der Waals surface area contributed by atoms with Crippen molar-refractivity contribution in [1.82, 2.24) is 24.8 Å². The lowest BCUT2D eigenvalue weighted by atomic mass is 10.2. The number of ketones is 1. The van der Waals surface area contributed by atoms with Crippen LogP contribution in [0.4, 0.5) is 4.39 Å². The number of halogens is 1. The number of carbonyl (C=O) groups is 1. The van der Waals surface area contributed by atoms with Crippen LogP contribution in [0.5, 0.6) is 0 Å². The third-order valence-electron chi connectivity index (χ3n) is 5.11. The molecule has 3 aromatic rings. The molecule has 7 nitrogen and oxygen atoms in total. The van der Waals surface area contributed by atoms with Gasteiger partial charge in [0, 0.05) is 30.1 Å². The fourth-order valence-corrected chi connectivity index (χ4v) is 4.38. The Morgan fingerprint density at radius 3 is 2.97 bits per heavy atom. The predicted octanol–water partition coefficient (Wildman–Crippen LogP) is 3.37. The Kier molecular flexibility index (Phi) is 5.77. The van der Waals surface area contributed by atoms with Crippen LogP contribution in [0, 0.1) is 19.7 Å². The highest BCUT2D eigenvalue weighted by molar-refractivity contribution is 7.99. The van der Waals surface area contributed by atoms with Gasteiger partial charge in [-0.2, -0.15) is 4.68 Å². The second kappa shape index (κ2) is 8.46. The highest BCUT2D eigenvalue weighted by Crippen LogP contribution is 2.24. The zero-order valence-corrected chi connectivity index (χ0v) is 17.2. The highest BCUT2D eigenvalue weighted by atomic mass is 32.2. The van der Waals surface area contributed by atoms with Crippen molar-refractivity contribution in [3.8, 4) is 5.69 Å². The quantitative estimate of drug-likeness (QED) is 0.435. The van der Waals surface area contributed by atoms with Crippen molar-refractivity contribution in [2.75, 3.05) is 12.4 Å². The Labute approximate surface area is 172 Å². The van der Waals surface area contributed by atoms with E-state index in [1.165, 1.54) is 28.6 Å². The molecule has 0 N–H and O–H groups in total. The van der Waals surface area contributed by atoms with Gasteiger partial charge < -0.3 is 9.30 Å². The zero-order chi connectivity index (χ0) is 20.4. The van der Waals surface area contributed by atoms with Crippen molar-refractivity contribution in [2.45, 2.75) is 44.5 Å². The van der Waals surface area contributed by atoms with E-state index in [4.69, 9.17) is 4.74 Å². The topological polar surface area (TPSA) is 74.8 Å². The van der Waals surface area contributed by atoms with E-state index < -0.39 is 0 Å². The number of Topliss-reactive ketones (excluding diaryl/α,β-unsaturated/α-hetero) is 1. The smallest absolute Gasteiger partial charge is 0.214 e. The van der Waals surface area contributed by atoms with E-state index in [-0.39, 0.29) is 23.5 Å². The minimum Gasteiger partial charge on any atom is -0.376 e. The molecule has 3 heterocycles. The van der Waals surface area contributed by atoms with Gasteiger partial charge in [0.05, 0.1) is 17.5 Å². The molecular weight excluding hydrogens is 393 g/mol. The van der Waals surface area contributed by atoms with Crippen LogP contribution in [0.3, 0.4) is 0 Å². The molecule has 2 aromatic heterocycles. The number of tetrazole rings is 1. The van der Waals surface area contributed by atoms with E-state index >= 15 is 0 Å². The van der Waals surface area contributed by atoms with E-state index in [0.29, 0.717) is 16.4 Å². The molecule has 9 heteroatoms. The fourth-order valence-electron chi connectivity index (χ4n) is 3.60. The minimum atomic E-state index is -0.372. The van der Waals surface area contributed by atoms with Crippen molar-refractivity contribution in [1.29, 1.82) is 0 Å². The number of rotatable bonds is 7. The molecule has 1 atom stereocenters. The normalized spacial score (nSPS) is 16.4. The summed E-state index contributed by atoms with van der Waals surface area (Å²) in [6.07, 6.45) is 2.36. The molecule has 0 spiro atoms. The van der Waals surface area contributed by atoms with Crippen LogP contribution in [0.1, 0.15) is 34.6 Å². The Morgan fingerprint density at radius 1 is 1.34 bits per heavy atom. The Morgan fingerprint density at radius 2 is 2.21 bits per heavy atom. The first-order valence-electron chi connectivity index (χ1n) is 9.51. The van der Waals surface area contributed by atoms with Crippen LogP contribution in [0.15, 0.2) is 35.5 Å². The second-order valence-electron chi connectivity index (χ2n) is 7.10. The highest BCUT2D eigenvalue weighted by Gasteiger charge is 2.21. The molecule has 0 radical (unpaired) electrons. The van der Waals surface area contributed by atoms with E-state index in [0.717, 1.165) is 37.4 Å². The number of benzene rings is 1. The van der Waals surface area contributed by atoms with Gasteiger partial charge in [0.1, 0.15) is 5.82 Å². The molecule has 1 aliphatic heterocycles. The van der Waals surface area contributed by atoms with Crippen molar-refractivity contribution in [3.63, 3.8) is 0 Å². The molecular formula is C20H22FN5O2S. The van der Waals surface area contributed by atoms with Gasteiger partial charge in [-0.25, -0.2) is 4.39 Å². The fraction of sp³-hybridized carbons (Fsp3) is 0.400. The summed E-state index contributed by atoms with van der Waals surface area (Å²) in [5.41, 5.74) is 3.22. The van der Waals surface area contributed by atoms with Crippen molar-refractivity contribution in [2.24, 2.45) is 0 Å². The summed E-state index contributed by atoms with van der Waals surface area (Å²) < 4.78 is 22.8. The van der Waals surface area contributed by atoms with Gasteiger partial charge in [-0.15, -0.1) is 5.10 Å². The standard InChI is InChI=1S/C20H22FN5O2S/c1-13-9-18(14(2)25(13)11-17-7-4-8-28-17)19(27)12-29-20-22-23-24-26(20)16-6-3-5-15(21)10-16/h3,5-6,9-10,17H,4,7-8,11-12H2,1-2H3. The molecule has 0 saturated carbocycles. The summed E-state index contributed by atoms with van der Waals surface area (Å²) in [7, 11) is 0. The van der Waals surface area contributed by atoms with Gasteiger partial charge in [-0.05, 0) is 61.4 Å². The van der Waals surface area contributed by atoms with Gasteiger partial charge >= 0.3 is 0 Å². The van der Waals surface area contributed by atoms with E-state index in [2.05, 4.69) is 20.1 Å². The van der Waals surface area contributed by atoms with E-state index in [1.54, 1.807) is 12.1 Å². The third-order valence-corrected chi connectivity index (χ3v) is 6.03. The molecule has 1 aliphatic rings. The van der Waals surface area contributed by atoms with Gasteiger partial charge in [-0.3, -0.25) is 4.79 Å². The van der Waals surface area contributed by atoms with E-state index in [1.807, 2.05) is 19.9 Å². The van der Waals surface area contributed by atoms with Gasteiger partial charge in [0.25, 0.3) is 0 Å². The third kappa shape index (κ3) is 4.25. The zero-order valence-electron chi connectivity index (χ0n) is 16.3. The molecule has 0 bridgehead atoms. The van der Waals surface area contributed by atoms with Gasteiger partial charge in [0.2, 0.25) is 5.16 Å². The summed E-state index contributed by atoms with van der Waals surface area (Å²) in [6.45, 7) is 5.56. The molecule has 1 unspecified atom stereocenters. The van der Waals surface area contributed by atoms with Crippen LogP contribution in [0.25, 0.3) is 5.69 Å². The maximum absolute atomic E-state index is 13.5. The van der Waals surface area contributed by atoms with Crippen LogP contribution in [-0.4, -0.2) is 49.0 Å². The predicted molar refractivity (Wildman–Crippen MR) is 107 cm³/mol. The summed E-state index contributed by atoms with van der Waals surface area (Å²) in [5, 5.41) is 12.0. The molecule has 29 heavy (non-hydrogen) atoms.